The van der Waals surface area contributed by atoms with Crippen LogP contribution in [0.1, 0.15) is 12.8 Å². The van der Waals surface area contributed by atoms with Crippen molar-refractivity contribution >= 4 is 17.4 Å². The molecule has 1 saturated heterocycles. The Hall–Kier alpha value is -1.72. The highest BCUT2D eigenvalue weighted by Crippen LogP contribution is 2.17. The summed E-state index contributed by atoms with van der Waals surface area (Å²) in [6, 6.07) is 10.2. The van der Waals surface area contributed by atoms with Gasteiger partial charge in [0.25, 0.3) is 0 Å². The van der Waals surface area contributed by atoms with Gasteiger partial charge in [-0.15, -0.1) is 0 Å². The van der Waals surface area contributed by atoms with Gasteiger partial charge in [-0.25, -0.2) is 4.99 Å². The quantitative estimate of drug-likeness (QED) is 0.645. The van der Waals surface area contributed by atoms with Crippen molar-refractivity contribution in [2.75, 3.05) is 38.2 Å². The van der Waals surface area contributed by atoms with Crippen LogP contribution in [0, 0.1) is 5.92 Å². The molecule has 2 N–H and O–H groups in total. The first-order valence-corrected chi connectivity index (χ1v) is 7.64. The van der Waals surface area contributed by atoms with Gasteiger partial charge in [0.2, 0.25) is 0 Å². The van der Waals surface area contributed by atoms with Gasteiger partial charge in [-0.2, -0.15) is 0 Å². The third kappa shape index (κ3) is 4.12. The molecule has 0 unspecified atom stereocenters. The summed E-state index contributed by atoms with van der Waals surface area (Å²) < 4.78 is 5.44. The van der Waals surface area contributed by atoms with E-state index in [1.807, 2.05) is 18.2 Å². The van der Waals surface area contributed by atoms with Gasteiger partial charge in [-0.05, 0) is 38.1 Å². The molecule has 2 aliphatic heterocycles. The van der Waals surface area contributed by atoms with E-state index in [9.17, 15) is 0 Å². The molecular weight excluding hydrogens is 264 g/mol. The van der Waals surface area contributed by atoms with E-state index in [0.29, 0.717) is 25.7 Å². The Kier molecular flexibility index (Phi) is 4.97. The summed E-state index contributed by atoms with van der Waals surface area (Å²) in [6.07, 6.45) is 2.21. The summed E-state index contributed by atoms with van der Waals surface area (Å²) in [5.74, 6) is 2.28. The fraction of sp³-hybridized carbons (Fsp3) is 0.500. The molecule has 0 atom stereocenters. The molecule has 0 spiro atoms. The molecule has 0 amide bonds. The number of para-hydroxylation sites is 1. The SMILES string of the molecule is c1ccc(NC(=NC2=NCCOC2)C2CCNCC2)cc1. The number of ether oxygens (including phenoxy) is 1. The second kappa shape index (κ2) is 7.33. The first-order chi connectivity index (χ1) is 10.4. The summed E-state index contributed by atoms with van der Waals surface area (Å²) in [4.78, 5) is 9.21. The zero-order chi connectivity index (χ0) is 14.3. The van der Waals surface area contributed by atoms with E-state index in [2.05, 4.69) is 27.8 Å². The lowest BCUT2D eigenvalue weighted by Gasteiger charge is -2.25. The Morgan fingerprint density at radius 2 is 2.05 bits per heavy atom. The van der Waals surface area contributed by atoms with E-state index >= 15 is 0 Å². The summed E-state index contributed by atoms with van der Waals surface area (Å²) in [5.41, 5.74) is 1.08. The number of nitrogens with zero attached hydrogens (tertiary/aromatic N) is 2. The van der Waals surface area contributed by atoms with Crippen molar-refractivity contribution in [2.24, 2.45) is 15.9 Å². The second-order valence-corrected chi connectivity index (χ2v) is 5.36. The molecule has 0 radical (unpaired) electrons. The van der Waals surface area contributed by atoms with Gasteiger partial charge in [0, 0.05) is 11.6 Å². The highest BCUT2D eigenvalue weighted by Gasteiger charge is 2.20. The van der Waals surface area contributed by atoms with E-state index < -0.39 is 0 Å². The third-order valence-corrected chi connectivity index (χ3v) is 3.78. The van der Waals surface area contributed by atoms with Crippen molar-refractivity contribution < 1.29 is 4.74 Å². The highest BCUT2D eigenvalue weighted by atomic mass is 16.5. The van der Waals surface area contributed by atoms with Crippen molar-refractivity contribution in [1.29, 1.82) is 0 Å². The lowest BCUT2D eigenvalue weighted by Crippen LogP contribution is -2.35. The van der Waals surface area contributed by atoms with Crippen molar-refractivity contribution in [3.63, 3.8) is 0 Å². The van der Waals surface area contributed by atoms with E-state index in [1.54, 1.807) is 0 Å². The summed E-state index contributed by atoms with van der Waals surface area (Å²) >= 11 is 0. The molecule has 1 aromatic carbocycles. The van der Waals surface area contributed by atoms with Crippen LogP contribution in [-0.2, 0) is 4.74 Å². The van der Waals surface area contributed by atoms with E-state index in [1.165, 1.54) is 0 Å². The monoisotopic (exact) mass is 286 g/mol. The maximum atomic E-state index is 5.44. The number of rotatable bonds is 2. The topological polar surface area (TPSA) is 58.0 Å². The Balaban J connectivity index is 1.79. The summed E-state index contributed by atoms with van der Waals surface area (Å²) in [5, 5.41) is 6.88. The number of aliphatic imine (C=N–C) groups is 2. The normalized spacial score (nSPS) is 21.0. The number of piperidine rings is 1. The average molecular weight is 286 g/mol. The predicted octanol–water partition coefficient (Wildman–Crippen LogP) is 1.93. The fourth-order valence-corrected chi connectivity index (χ4v) is 2.64. The Morgan fingerprint density at radius 1 is 1.24 bits per heavy atom. The number of hydrogen-bond acceptors (Lipinski definition) is 4. The first-order valence-electron chi connectivity index (χ1n) is 7.64. The van der Waals surface area contributed by atoms with Gasteiger partial charge >= 0.3 is 0 Å². The average Bonchev–Trinajstić information content (AvgIpc) is 2.57. The van der Waals surface area contributed by atoms with E-state index in [0.717, 1.165) is 43.3 Å². The lowest BCUT2D eigenvalue weighted by atomic mass is 9.96. The molecule has 21 heavy (non-hydrogen) atoms. The van der Waals surface area contributed by atoms with Crippen LogP contribution in [0.5, 0.6) is 0 Å². The van der Waals surface area contributed by atoms with E-state index in [-0.39, 0.29) is 0 Å². The fourth-order valence-electron chi connectivity index (χ4n) is 2.64. The molecule has 0 aliphatic carbocycles. The molecule has 2 aliphatic rings. The standard InChI is InChI=1S/C16H22N4O/c1-2-4-14(5-3-1)19-16(13-6-8-17-9-7-13)20-15-12-21-11-10-18-15/h1-5,13,17H,6-12H2,(H,18,19,20). The highest BCUT2D eigenvalue weighted by molar-refractivity contribution is 6.05. The first kappa shape index (κ1) is 14.2. The number of benzene rings is 1. The van der Waals surface area contributed by atoms with Gasteiger partial charge in [0.1, 0.15) is 12.4 Å². The minimum atomic E-state index is 0.455. The number of hydrogen-bond donors (Lipinski definition) is 2. The minimum absolute atomic E-state index is 0.455. The maximum absolute atomic E-state index is 5.44. The van der Waals surface area contributed by atoms with Crippen molar-refractivity contribution in [3.8, 4) is 0 Å². The molecule has 3 rings (SSSR count). The van der Waals surface area contributed by atoms with Crippen LogP contribution >= 0.6 is 0 Å². The second-order valence-electron chi connectivity index (χ2n) is 5.36. The summed E-state index contributed by atoms with van der Waals surface area (Å²) in [6.45, 7) is 4.02. The van der Waals surface area contributed by atoms with Gasteiger partial charge in [0.05, 0.1) is 13.2 Å². The number of anilines is 1. The molecule has 0 saturated carbocycles. The number of amidine groups is 2. The van der Waals surface area contributed by atoms with Crippen LogP contribution in [0.2, 0.25) is 0 Å². The van der Waals surface area contributed by atoms with Gasteiger partial charge in [-0.3, -0.25) is 4.99 Å². The van der Waals surface area contributed by atoms with Crippen LogP contribution < -0.4 is 10.6 Å². The van der Waals surface area contributed by atoms with E-state index in [4.69, 9.17) is 9.73 Å². The summed E-state index contributed by atoms with van der Waals surface area (Å²) in [7, 11) is 0. The minimum Gasteiger partial charge on any atom is -0.372 e. The van der Waals surface area contributed by atoms with Crippen LogP contribution in [0.15, 0.2) is 40.3 Å². The molecule has 1 aromatic rings. The number of nitrogens with one attached hydrogen (secondary N) is 2. The largest absolute Gasteiger partial charge is 0.372 e. The van der Waals surface area contributed by atoms with Gasteiger partial charge in [-0.1, -0.05) is 18.2 Å². The zero-order valence-corrected chi connectivity index (χ0v) is 12.2. The van der Waals surface area contributed by atoms with Crippen LogP contribution in [-0.4, -0.2) is 44.5 Å². The predicted molar refractivity (Wildman–Crippen MR) is 86.2 cm³/mol. The maximum Gasteiger partial charge on any atom is 0.151 e. The van der Waals surface area contributed by atoms with Crippen LogP contribution in [0.4, 0.5) is 5.69 Å². The molecule has 2 heterocycles. The molecular formula is C16H22N4O. The lowest BCUT2D eigenvalue weighted by molar-refractivity contribution is 0.170. The molecule has 1 fully saturated rings. The zero-order valence-electron chi connectivity index (χ0n) is 12.2. The Bertz CT molecular complexity index is 506. The molecule has 0 bridgehead atoms. The van der Waals surface area contributed by atoms with Crippen molar-refractivity contribution in [1.82, 2.24) is 5.32 Å². The Labute approximate surface area is 125 Å². The van der Waals surface area contributed by atoms with Gasteiger partial charge < -0.3 is 15.4 Å². The van der Waals surface area contributed by atoms with Crippen LogP contribution in [0.3, 0.4) is 0 Å². The third-order valence-electron chi connectivity index (χ3n) is 3.78. The van der Waals surface area contributed by atoms with Crippen LogP contribution in [0.25, 0.3) is 0 Å². The molecule has 112 valence electrons. The van der Waals surface area contributed by atoms with Crippen molar-refractivity contribution in [3.05, 3.63) is 30.3 Å². The molecule has 0 aromatic heterocycles. The van der Waals surface area contributed by atoms with Crippen molar-refractivity contribution in [2.45, 2.75) is 12.8 Å². The molecule has 5 heteroatoms. The molecule has 5 nitrogen and oxygen atoms in total. The van der Waals surface area contributed by atoms with Gasteiger partial charge in [0.15, 0.2) is 5.84 Å². The smallest absolute Gasteiger partial charge is 0.151 e. The Morgan fingerprint density at radius 3 is 2.76 bits per heavy atom.